The quantitative estimate of drug-likeness (QED) is 0.602. The Balaban J connectivity index is 1.88. The molecule has 3 rings (SSSR count). The fraction of sp³-hybridized carbons (Fsp3) is 0.458. The van der Waals surface area contributed by atoms with Crippen molar-refractivity contribution in [1.82, 2.24) is 4.90 Å². The molecule has 2 aromatic rings. The molecule has 0 N–H and O–H groups in total. The molecular weight excluding hydrogens is 334 g/mol. The third-order valence-electron chi connectivity index (χ3n) is 5.47. The summed E-state index contributed by atoms with van der Waals surface area (Å²) in [6.07, 6.45) is 5.94. The highest BCUT2D eigenvalue weighted by molar-refractivity contribution is 5.76. The molecule has 0 heterocycles. The molecule has 3 nitrogen and oxygen atoms in total. The first kappa shape index (κ1) is 19.6. The van der Waals surface area contributed by atoms with Crippen molar-refractivity contribution in [2.75, 3.05) is 6.61 Å². The van der Waals surface area contributed by atoms with Crippen LogP contribution in [0, 0.1) is 5.92 Å². The molecule has 27 heavy (non-hydrogen) atoms. The Kier molecular flexibility index (Phi) is 7.46. The number of esters is 1. The molecule has 1 saturated carbocycles. The van der Waals surface area contributed by atoms with Gasteiger partial charge in [-0.2, -0.15) is 0 Å². The van der Waals surface area contributed by atoms with E-state index in [-0.39, 0.29) is 12.0 Å². The number of ether oxygens (including phenoxy) is 1. The molecule has 0 aliphatic heterocycles. The lowest BCUT2D eigenvalue weighted by Crippen LogP contribution is -2.47. The Labute approximate surface area is 163 Å². The zero-order valence-corrected chi connectivity index (χ0v) is 16.3. The van der Waals surface area contributed by atoms with E-state index < -0.39 is 0 Å². The maximum atomic E-state index is 13.0. The summed E-state index contributed by atoms with van der Waals surface area (Å²) in [6, 6.07) is 20.7. The average molecular weight is 366 g/mol. The van der Waals surface area contributed by atoms with Crippen LogP contribution in [-0.4, -0.2) is 23.5 Å². The lowest BCUT2D eigenvalue weighted by Gasteiger charge is -2.37. The summed E-state index contributed by atoms with van der Waals surface area (Å²) in [5, 5.41) is 0. The monoisotopic (exact) mass is 365 g/mol. The van der Waals surface area contributed by atoms with Gasteiger partial charge in [0.2, 0.25) is 0 Å². The molecule has 1 aliphatic rings. The first-order chi connectivity index (χ1) is 13.3. The van der Waals surface area contributed by atoms with Gasteiger partial charge in [0.15, 0.2) is 0 Å². The second kappa shape index (κ2) is 10.3. The van der Waals surface area contributed by atoms with Crippen LogP contribution in [0.25, 0.3) is 0 Å². The fourth-order valence-electron chi connectivity index (χ4n) is 4.21. The van der Waals surface area contributed by atoms with Crippen molar-refractivity contribution in [2.45, 2.75) is 58.2 Å². The lowest BCUT2D eigenvalue weighted by atomic mass is 9.83. The van der Waals surface area contributed by atoms with E-state index in [0.717, 1.165) is 25.9 Å². The summed E-state index contributed by atoms with van der Waals surface area (Å²) >= 11 is 0. The molecule has 1 atom stereocenters. The van der Waals surface area contributed by atoms with Crippen molar-refractivity contribution in [1.29, 1.82) is 0 Å². The van der Waals surface area contributed by atoms with Gasteiger partial charge in [-0.3, -0.25) is 9.69 Å². The fourth-order valence-corrected chi connectivity index (χ4v) is 4.21. The second-order valence-corrected chi connectivity index (χ2v) is 7.47. The molecule has 144 valence electrons. The molecule has 0 saturated heterocycles. The molecule has 1 unspecified atom stereocenters. The van der Waals surface area contributed by atoms with E-state index >= 15 is 0 Å². The van der Waals surface area contributed by atoms with E-state index in [2.05, 4.69) is 53.4 Å². The van der Waals surface area contributed by atoms with Gasteiger partial charge >= 0.3 is 5.97 Å². The van der Waals surface area contributed by atoms with E-state index in [1.54, 1.807) is 0 Å². The van der Waals surface area contributed by atoms with Crippen LogP contribution in [0.1, 0.15) is 50.2 Å². The van der Waals surface area contributed by atoms with Gasteiger partial charge in [0.1, 0.15) is 6.04 Å². The molecular formula is C24H31NO2. The normalized spacial score (nSPS) is 16.2. The van der Waals surface area contributed by atoms with Crippen LogP contribution in [0.4, 0.5) is 0 Å². The zero-order valence-electron chi connectivity index (χ0n) is 16.3. The number of carbonyl (C=O) groups is 1. The van der Waals surface area contributed by atoms with Gasteiger partial charge in [-0.1, -0.05) is 79.9 Å². The Morgan fingerprint density at radius 2 is 1.44 bits per heavy atom. The van der Waals surface area contributed by atoms with Crippen LogP contribution in [0.5, 0.6) is 0 Å². The van der Waals surface area contributed by atoms with Crippen LogP contribution in [0.15, 0.2) is 60.7 Å². The number of hydrogen-bond donors (Lipinski definition) is 0. The van der Waals surface area contributed by atoms with Crippen molar-refractivity contribution in [2.24, 2.45) is 5.92 Å². The van der Waals surface area contributed by atoms with E-state index in [1.807, 2.05) is 19.1 Å². The highest BCUT2D eigenvalue weighted by Gasteiger charge is 2.35. The maximum Gasteiger partial charge on any atom is 0.323 e. The predicted octanol–water partition coefficient (Wildman–Crippen LogP) is 5.20. The highest BCUT2D eigenvalue weighted by atomic mass is 16.5. The van der Waals surface area contributed by atoms with E-state index in [0.29, 0.717) is 12.5 Å². The third-order valence-corrected chi connectivity index (χ3v) is 5.47. The molecule has 0 radical (unpaired) electrons. The van der Waals surface area contributed by atoms with Crippen molar-refractivity contribution in [3.05, 3.63) is 71.8 Å². The molecule has 0 bridgehead atoms. The summed E-state index contributed by atoms with van der Waals surface area (Å²) in [6.45, 7) is 3.85. The largest absolute Gasteiger partial charge is 0.465 e. The van der Waals surface area contributed by atoms with Gasteiger partial charge < -0.3 is 4.74 Å². The van der Waals surface area contributed by atoms with Crippen LogP contribution >= 0.6 is 0 Å². The Hall–Kier alpha value is -2.13. The zero-order chi connectivity index (χ0) is 18.9. The van der Waals surface area contributed by atoms with E-state index in [1.165, 1.54) is 30.4 Å². The minimum absolute atomic E-state index is 0.0590. The SMILES string of the molecule is CCOC(=O)C(C1CCCCC1)N(Cc1ccccc1)Cc1ccccc1. The van der Waals surface area contributed by atoms with Gasteiger partial charge in [-0.25, -0.2) is 0 Å². The first-order valence-electron chi connectivity index (χ1n) is 10.3. The van der Waals surface area contributed by atoms with E-state index in [9.17, 15) is 4.79 Å². The lowest BCUT2D eigenvalue weighted by molar-refractivity contribution is -0.153. The minimum atomic E-state index is -0.175. The van der Waals surface area contributed by atoms with Crippen molar-refractivity contribution >= 4 is 5.97 Å². The molecule has 0 aromatic heterocycles. The number of carbonyl (C=O) groups excluding carboxylic acids is 1. The van der Waals surface area contributed by atoms with Gasteiger partial charge in [0.05, 0.1) is 6.61 Å². The predicted molar refractivity (Wildman–Crippen MR) is 109 cm³/mol. The Bertz CT molecular complexity index is 639. The minimum Gasteiger partial charge on any atom is -0.465 e. The summed E-state index contributed by atoms with van der Waals surface area (Å²) in [5.41, 5.74) is 2.47. The van der Waals surface area contributed by atoms with Crippen LogP contribution < -0.4 is 0 Å². The van der Waals surface area contributed by atoms with Crippen LogP contribution in [0.3, 0.4) is 0 Å². The standard InChI is InChI=1S/C24H31NO2/c1-2-27-24(26)23(22-16-10-5-11-17-22)25(18-20-12-6-3-7-13-20)19-21-14-8-4-9-15-21/h3-4,6-9,12-15,22-23H,2,5,10-11,16-19H2,1H3. The molecule has 3 heteroatoms. The van der Waals surface area contributed by atoms with Gasteiger partial charge in [-0.15, -0.1) is 0 Å². The molecule has 2 aromatic carbocycles. The third kappa shape index (κ3) is 5.67. The first-order valence-corrected chi connectivity index (χ1v) is 10.3. The Morgan fingerprint density at radius 3 is 1.93 bits per heavy atom. The molecule has 1 fully saturated rings. The van der Waals surface area contributed by atoms with Gasteiger partial charge in [0, 0.05) is 13.1 Å². The number of nitrogens with zero attached hydrogens (tertiary/aromatic N) is 1. The van der Waals surface area contributed by atoms with Crippen LogP contribution in [0.2, 0.25) is 0 Å². The number of rotatable bonds is 8. The number of hydrogen-bond acceptors (Lipinski definition) is 3. The topological polar surface area (TPSA) is 29.5 Å². The summed E-state index contributed by atoms with van der Waals surface area (Å²) in [5.74, 6) is 0.321. The van der Waals surface area contributed by atoms with E-state index in [4.69, 9.17) is 4.74 Å². The van der Waals surface area contributed by atoms with Crippen LogP contribution in [-0.2, 0) is 22.6 Å². The summed E-state index contributed by atoms with van der Waals surface area (Å²) < 4.78 is 5.53. The van der Waals surface area contributed by atoms with Crippen molar-refractivity contribution < 1.29 is 9.53 Å². The summed E-state index contributed by atoms with van der Waals surface area (Å²) in [7, 11) is 0. The Morgan fingerprint density at radius 1 is 0.926 bits per heavy atom. The number of benzene rings is 2. The summed E-state index contributed by atoms with van der Waals surface area (Å²) in [4.78, 5) is 15.3. The van der Waals surface area contributed by atoms with Gasteiger partial charge in [0.25, 0.3) is 0 Å². The molecule has 1 aliphatic carbocycles. The highest BCUT2D eigenvalue weighted by Crippen LogP contribution is 2.31. The second-order valence-electron chi connectivity index (χ2n) is 7.47. The van der Waals surface area contributed by atoms with Crippen molar-refractivity contribution in [3.63, 3.8) is 0 Å². The molecule has 0 spiro atoms. The maximum absolute atomic E-state index is 13.0. The van der Waals surface area contributed by atoms with Crippen molar-refractivity contribution in [3.8, 4) is 0 Å². The molecule has 0 amide bonds. The van der Waals surface area contributed by atoms with Gasteiger partial charge in [-0.05, 0) is 36.8 Å². The smallest absolute Gasteiger partial charge is 0.323 e. The average Bonchev–Trinajstić information content (AvgIpc) is 2.71.